The Kier molecular flexibility index (Phi) is 118. The van der Waals surface area contributed by atoms with Crippen molar-refractivity contribution in [2.24, 2.45) is 0 Å². The van der Waals surface area contributed by atoms with Crippen molar-refractivity contribution < 1.29 is 0 Å². The molecule has 0 saturated heterocycles. The molecular weight excluding hydrogens is 441 g/mol. The summed E-state index contributed by atoms with van der Waals surface area (Å²) in [6, 6.07) is 0. The van der Waals surface area contributed by atoms with E-state index in [1.165, 1.54) is 0 Å². The molecule has 28 valence electrons. The van der Waals surface area contributed by atoms with Crippen LogP contribution in [0.15, 0.2) is 0 Å². The van der Waals surface area contributed by atoms with E-state index in [9.17, 15) is 0 Å². The van der Waals surface area contributed by atoms with E-state index >= 15 is 0 Å². The van der Waals surface area contributed by atoms with Gasteiger partial charge in [0.1, 0.15) is 0 Å². The first-order valence-electron chi connectivity index (χ1n) is 0. The Morgan fingerprint density at radius 2 is 1.00 bits per heavy atom. The fourth-order valence-electron chi connectivity index (χ4n) is 0. The third kappa shape index (κ3) is 8.87. The van der Waals surface area contributed by atoms with Gasteiger partial charge in [-0.2, -0.15) is 0 Å². The van der Waals surface area contributed by atoms with Crippen molar-refractivity contribution in [1.82, 2.24) is 0 Å². The van der Waals surface area contributed by atoms with Gasteiger partial charge in [-0.05, 0) is 0 Å². The van der Waals surface area contributed by atoms with Crippen LogP contribution in [0.4, 0.5) is 0 Å². The third-order valence-electron chi connectivity index (χ3n) is 0. The molecule has 0 atom stereocenters. The molecule has 0 heterocycles. The molecule has 0 unspecified atom stereocenters. The summed E-state index contributed by atoms with van der Waals surface area (Å²) in [4.78, 5) is 0. The molecule has 0 spiro atoms. The summed E-state index contributed by atoms with van der Waals surface area (Å²) < 4.78 is 0. The first-order valence-corrected chi connectivity index (χ1v) is 0. The Labute approximate surface area is 88.0 Å². The molecule has 4 heteroatoms. The van der Waals surface area contributed by atoms with E-state index in [1.807, 2.05) is 0 Å². The normalized spacial score (nSPS) is 0. The molecule has 0 aromatic carbocycles. The van der Waals surface area contributed by atoms with Crippen LogP contribution in [-0.4, -0.2) is 89.6 Å². The second kappa shape index (κ2) is 16.8. The number of hydrogen-bond acceptors (Lipinski definition) is 0. The van der Waals surface area contributed by atoms with E-state index in [-0.39, 0.29) is 89.6 Å². The Morgan fingerprint density at radius 3 is 1.00 bits per heavy atom. The van der Waals surface area contributed by atoms with Gasteiger partial charge >= 0.3 is 89.6 Å². The number of hydrogen-bond donors (Lipinski definition) is 0. The summed E-state index contributed by atoms with van der Waals surface area (Å²) in [5.74, 6) is 0. The third-order valence-corrected chi connectivity index (χ3v) is 0. The predicted molar refractivity (Wildman–Crippen MR) is 35.6 cm³/mol. The molecule has 0 rings (SSSR count). The predicted octanol–water partition coefficient (Wildman–Crippen LogP) is -3.93. The molecule has 0 aromatic rings. The fraction of sp³-hybridized carbons (Fsp3) is 0. The molecule has 0 saturated carbocycles. The molecule has 4 heavy (non-hydrogen) atoms. The van der Waals surface area contributed by atoms with Crippen molar-refractivity contribution in [1.29, 1.82) is 0 Å². The average Bonchev–Trinajstić information content (AvgIpc) is 0. The Balaban J connectivity index is 0. The molecule has 0 N–H and O–H groups in total. The minimum atomic E-state index is 0. The van der Waals surface area contributed by atoms with E-state index in [0.29, 0.717) is 0 Å². The quantitative estimate of drug-likeness (QED) is 0.332. The molecule has 0 aromatic heterocycles. The summed E-state index contributed by atoms with van der Waals surface area (Å²) in [6.45, 7) is 0. The van der Waals surface area contributed by atoms with Crippen molar-refractivity contribution in [2.45, 2.75) is 0 Å². The van der Waals surface area contributed by atoms with Crippen LogP contribution >= 0.6 is 0 Å². The van der Waals surface area contributed by atoms with Crippen LogP contribution in [0.25, 0.3) is 0 Å². The van der Waals surface area contributed by atoms with Crippen molar-refractivity contribution in [3.63, 3.8) is 0 Å². The molecule has 0 bridgehead atoms. The second-order valence-corrected chi connectivity index (χ2v) is 0. The molecule has 0 aliphatic rings. The zero-order chi connectivity index (χ0) is 0. The van der Waals surface area contributed by atoms with Crippen molar-refractivity contribution in [3.8, 4) is 0 Å². The van der Waals surface area contributed by atoms with Gasteiger partial charge in [0.25, 0.3) is 0 Å². The zero-order valence-electron chi connectivity index (χ0n) is 1.73. The molecule has 0 nitrogen and oxygen atoms in total. The van der Waals surface area contributed by atoms with Gasteiger partial charge < -0.3 is 0 Å². The molecular formula is H9GeSbSnTe. The average molecular weight is 450 g/mol. The standard InChI is InChI=1S/GeH4.Sb.Sn.HTe.4H/h1H4;;;1H;;;;. The Hall–Kier alpha value is 2.95. The van der Waals surface area contributed by atoms with E-state index in [2.05, 4.69) is 0 Å². The van der Waals surface area contributed by atoms with Crippen LogP contribution in [0, 0.1) is 0 Å². The van der Waals surface area contributed by atoms with E-state index in [4.69, 9.17) is 0 Å². The molecule has 0 fully saturated rings. The summed E-state index contributed by atoms with van der Waals surface area (Å²) in [5, 5.41) is 0. The van der Waals surface area contributed by atoms with Gasteiger partial charge in [-0.15, -0.1) is 0 Å². The molecule has 4 radical (unpaired) electrons. The molecule has 0 aliphatic heterocycles. The minimum absolute atomic E-state index is 0. The van der Waals surface area contributed by atoms with Crippen LogP contribution in [0.5, 0.6) is 0 Å². The SMILES string of the molecule is [GeH4].[SbH2].[SnH2].[TeH]. The first-order chi connectivity index (χ1) is 0. The van der Waals surface area contributed by atoms with Crippen LogP contribution in [-0.2, 0) is 0 Å². The van der Waals surface area contributed by atoms with Crippen molar-refractivity contribution >= 4 is 89.6 Å². The summed E-state index contributed by atoms with van der Waals surface area (Å²) in [7, 11) is 0. The van der Waals surface area contributed by atoms with Crippen molar-refractivity contribution in [2.75, 3.05) is 0 Å². The van der Waals surface area contributed by atoms with Gasteiger partial charge in [0.2, 0.25) is 0 Å². The maximum absolute atomic E-state index is 0. The van der Waals surface area contributed by atoms with E-state index in [0.717, 1.165) is 0 Å². The second-order valence-electron chi connectivity index (χ2n) is 0. The van der Waals surface area contributed by atoms with Crippen LogP contribution < -0.4 is 0 Å². The van der Waals surface area contributed by atoms with Gasteiger partial charge in [0.05, 0.1) is 0 Å². The van der Waals surface area contributed by atoms with Crippen molar-refractivity contribution in [3.05, 3.63) is 0 Å². The fourth-order valence-corrected chi connectivity index (χ4v) is 0. The van der Waals surface area contributed by atoms with Gasteiger partial charge in [-0.3, -0.25) is 0 Å². The van der Waals surface area contributed by atoms with E-state index < -0.39 is 0 Å². The summed E-state index contributed by atoms with van der Waals surface area (Å²) in [5.41, 5.74) is 0. The van der Waals surface area contributed by atoms with Gasteiger partial charge in [-0.1, -0.05) is 0 Å². The molecule has 0 aliphatic carbocycles. The maximum atomic E-state index is 0. The van der Waals surface area contributed by atoms with Gasteiger partial charge in [0.15, 0.2) is 0 Å². The van der Waals surface area contributed by atoms with Gasteiger partial charge in [-0.25, -0.2) is 0 Å². The van der Waals surface area contributed by atoms with Gasteiger partial charge in [0, 0.05) is 0 Å². The monoisotopic (exact) mass is 454 g/mol. The van der Waals surface area contributed by atoms with Crippen LogP contribution in [0.1, 0.15) is 0 Å². The van der Waals surface area contributed by atoms with Crippen LogP contribution in [0.2, 0.25) is 0 Å². The Bertz CT molecular complexity index is 8.00. The zero-order valence-corrected chi connectivity index (χ0v) is 11.6. The van der Waals surface area contributed by atoms with Crippen LogP contribution in [0.3, 0.4) is 0 Å². The summed E-state index contributed by atoms with van der Waals surface area (Å²) in [6.07, 6.45) is 0. The molecule has 0 amide bonds. The number of rotatable bonds is 0. The summed E-state index contributed by atoms with van der Waals surface area (Å²) >= 11 is 0. The Morgan fingerprint density at radius 1 is 1.00 bits per heavy atom. The first kappa shape index (κ1) is 28.3. The topological polar surface area (TPSA) is 0 Å². The van der Waals surface area contributed by atoms with E-state index in [1.54, 1.807) is 0 Å².